The molecule has 1 aromatic heterocycles. The molecular weight excluding hydrogens is 234 g/mol. The Kier molecular flexibility index (Phi) is 3.98. The first kappa shape index (κ1) is 13.0. The smallest absolute Gasteiger partial charge is 0.218 e. The van der Waals surface area contributed by atoms with Gasteiger partial charge in [-0.2, -0.15) is 4.98 Å². The summed E-state index contributed by atoms with van der Waals surface area (Å²) in [5.41, 5.74) is -0.718. The van der Waals surface area contributed by atoms with Gasteiger partial charge in [-0.05, 0) is 6.92 Å². The number of hydrogen-bond donors (Lipinski definition) is 2. The minimum Gasteiger partial charge on any atom is -0.481 e. The maximum absolute atomic E-state index is 10.3. The molecule has 0 radical (unpaired) electrons. The van der Waals surface area contributed by atoms with Crippen LogP contribution < -0.4 is 10.1 Å². The van der Waals surface area contributed by atoms with Crippen LogP contribution in [0.2, 0.25) is 0 Å². The third kappa shape index (κ3) is 3.30. The molecule has 0 spiro atoms. The average Bonchev–Trinajstić information content (AvgIpc) is 2.37. The summed E-state index contributed by atoms with van der Waals surface area (Å²) in [6.07, 6.45) is 1.28. The van der Waals surface area contributed by atoms with Crippen LogP contribution in [0.4, 0.5) is 5.82 Å². The zero-order valence-electron chi connectivity index (χ0n) is 10.8. The van der Waals surface area contributed by atoms with E-state index >= 15 is 0 Å². The van der Waals surface area contributed by atoms with Gasteiger partial charge in [0.05, 0.1) is 12.7 Å². The lowest BCUT2D eigenvalue weighted by Gasteiger charge is -2.32. The van der Waals surface area contributed by atoms with Crippen LogP contribution in [-0.4, -0.2) is 47.5 Å². The molecule has 100 valence electrons. The lowest BCUT2D eigenvalue weighted by molar-refractivity contribution is -0.0543. The molecule has 1 aliphatic heterocycles. The van der Waals surface area contributed by atoms with Crippen molar-refractivity contribution < 1.29 is 14.6 Å². The number of nitrogens with zero attached hydrogens (tertiary/aromatic N) is 2. The summed E-state index contributed by atoms with van der Waals surface area (Å²) in [6.45, 7) is 3.46. The Labute approximate surface area is 106 Å². The van der Waals surface area contributed by atoms with Gasteiger partial charge >= 0.3 is 0 Å². The van der Waals surface area contributed by atoms with Crippen LogP contribution >= 0.6 is 0 Å². The van der Waals surface area contributed by atoms with Crippen molar-refractivity contribution in [2.24, 2.45) is 0 Å². The van der Waals surface area contributed by atoms with Gasteiger partial charge in [0.1, 0.15) is 11.6 Å². The number of ether oxygens (including phenoxy) is 2. The van der Waals surface area contributed by atoms with Crippen molar-refractivity contribution in [1.29, 1.82) is 0 Å². The Morgan fingerprint density at radius 3 is 2.83 bits per heavy atom. The van der Waals surface area contributed by atoms with Crippen LogP contribution in [0.5, 0.6) is 5.88 Å². The minimum absolute atomic E-state index is 0.454. The van der Waals surface area contributed by atoms with Gasteiger partial charge in [0, 0.05) is 38.7 Å². The Balaban J connectivity index is 1.98. The molecule has 0 amide bonds. The highest BCUT2D eigenvalue weighted by molar-refractivity contribution is 5.38. The van der Waals surface area contributed by atoms with Gasteiger partial charge in [-0.1, -0.05) is 0 Å². The number of nitrogens with one attached hydrogen (secondary N) is 1. The van der Waals surface area contributed by atoms with Crippen molar-refractivity contribution in [3.05, 3.63) is 11.9 Å². The lowest BCUT2D eigenvalue weighted by Crippen LogP contribution is -2.42. The summed E-state index contributed by atoms with van der Waals surface area (Å²) in [5.74, 6) is 1.82. The topological polar surface area (TPSA) is 76.5 Å². The Bertz CT molecular complexity index is 406. The van der Waals surface area contributed by atoms with Crippen molar-refractivity contribution in [2.75, 3.05) is 32.2 Å². The quantitative estimate of drug-likeness (QED) is 0.824. The molecule has 1 aromatic rings. The summed E-state index contributed by atoms with van der Waals surface area (Å²) in [5, 5.41) is 13.4. The van der Waals surface area contributed by atoms with Crippen molar-refractivity contribution >= 4 is 5.82 Å². The minimum atomic E-state index is -0.718. The first-order chi connectivity index (χ1) is 8.61. The third-order valence-corrected chi connectivity index (χ3v) is 3.05. The van der Waals surface area contributed by atoms with Gasteiger partial charge in [0.25, 0.3) is 0 Å². The van der Waals surface area contributed by atoms with Gasteiger partial charge in [0.15, 0.2) is 0 Å². The molecule has 6 nitrogen and oxygen atoms in total. The van der Waals surface area contributed by atoms with E-state index in [4.69, 9.17) is 9.47 Å². The van der Waals surface area contributed by atoms with E-state index in [0.717, 1.165) is 0 Å². The average molecular weight is 253 g/mol. The van der Waals surface area contributed by atoms with Gasteiger partial charge in [0.2, 0.25) is 5.88 Å². The zero-order chi connectivity index (χ0) is 13.0. The first-order valence-corrected chi connectivity index (χ1v) is 6.05. The number of aryl methyl sites for hydroxylation is 1. The molecular formula is C12H19N3O3. The molecule has 1 aliphatic rings. The summed E-state index contributed by atoms with van der Waals surface area (Å²) in [7, 11) is 1.57. The summed E-state index contributed by atoms with van der Waals surface area (Å²) in [6, 6.07) is 1.72. The van der Waals surface area contributed by atoms with Gasteiger partial charge in [-0.15, -0.1) is 0 Å². The molecule has 0 atom stereocenters. The zero-order valence-corrected chi connectivity index (χ0v) is 10.8. The summed E-state index contributed by atoms with van der Waals surface area (Å²) >= 11 is 0. The molecule has 2 rings (SSSR count). The predicted molar refractivity (Wildman–Crippen MR) is 66.8 cm³/mol. The second kappa shape index (κ2) is 5.49. The number of anilines is 1. The van der Waals surface area contributed by atoms with Crippen LogP contribution in [-0.2, 0) is 4.74 Å². The predicted octanol–water partition coefficient (Wildman–Crippen LogP) is 0.747. The fourth-order valence-electron chi connectivity index (χ4n) is 1.92. The molecule has 18 heavy (non-hydrogen) atoms. The number of aliphatic hydroxyl groups is 1. The van der Waals surface area contributed by atoms with Crippen molar-refractivity contribution in [3.8, 4) is 5.88 Å². The molecule has 6 heteroatoms. The van der Waals surface area contributed by atoms with E-state index < -0.39 is 5.60 Å². The van der Waals surface area contributed by atoms with Crippen LogP contribution in [0.1, 0.15) is 18.7 Å². The van der Waals surface area contributed by atoms with Gasteiger partial charge in [-0.3, -0.25) is 0 Å². The summed E-state index contributed by atoms with van der Waals surface area (Å²) < 4.78 is 10.3. The SMILES string of the molecule is COc1cc(NCC2(O)CCOCC2)nc(C)n1. The van der Waals surface area contributed by atoms with Crippen molar-refractivity contribution in [1.82, 2.24) is 9.97 Å². The number of rotatable bonds is 4. The first-order valence-electron chi connectivity index (χ1n) is 6.05. The van der Waals surface area contributed by atoms with E-state index in [1.165, 1.54) is 0 Å². The molecule has 0 unspecified atom stereocenters. The van der Waals surface area contributed by atoms with Gasteiger partial charge in [-0.25, -0.2) is 4.98 Å². The molecule has 1 saturated heterocycles. The van der Waals surface area contributed by atoms with E-state index in [2.05, 4.69) is 15.3 Å². The van der Waals surface area contributed by atoms with Crippen molar-refractivity contribution in [2.45, 2.75) is 25.4 Å². The standard InChI is InChI=1S/C12H19N3O3/c1-9-14-10(7-11(15-9)17-2)13-8-12(16)3-5-18-6-4-12/h7,16H,3-6,8H2,1-2H3,(H,13,14,15). The fourth-order valence-corrected chi connectivity index (χ4v) is 1.92. The molecule has 1 fully saturated rings. The Morgan fingerprint density at radius 1 is 1.44 bits per heavy atom. The van der Waals surface area contributed by atoms with E-state index in [1.54, 1.807) is 20.1 Å². The fraction of sp³-hybridized carbons (Fsp3) is 0.667. The van der Waals surface area contributed by atoms with Crippen LogP contribution in [0, 0.1) is 6.92 Å². The van der Waals surface area contributed by atoms with E-state index in [0.29, 0.717) is 50.1 Å². The molecule has 2 N–H and O–H groups in total. The largest absolute Gasteiger partial charge is 0.481 e. The number of methoxy groups -OCH3 is 1. The Hall–Kier alpha value is -1.40. The highest BCUT2D eigenvalue weighted by atomic mass is 16.5. The highest BCUT2D eigenvalue weighted by Crippen LogP contribution is 2.21. The lowest BCUT2D eigenvalue weighted by atomic mass is 9.94. The third-order valence-electron chi connectivity index (χ3n) is 3.05. The normalized spacial score (nSPS) is 18.4. The van der Waals surface area contributed by atoms with Crippen LogP contribution in [0.25, 0.3) is 0 Å². The second-order valence-corrected chi connectivity index (χ2v) is 4.53. The Morgan fingerprint density at radius 2 is 2.17 bits per heavy atom. The maximum Gasteiger partial charge on any atom is 0.218 e. The number of hydrogen-bond acceptors (Lipinski definition) is 6. The maximum atomic E-state index is 10.3. The second-order valence-electron chi connectivity index (χ2n) is 4.53. The monoisotopic (exact) mass is 253 g/mol. The molecule has 2 heterocycles. The highest BCUT2D eigenvalue weighted by Gasteiger charge is 2.29. The number of aromatic nitrogens is 2. The van der Waals surface area contributed by atoms with Crippen molar-refractivity contribution in [3.63, 3.8) is 0 Å². The van der Waals surface area contributed by atoms with E-state index in [9.17, 15) is 5.11 Å². The molecule has 0 aromatic carbocycles. The molecule has 0 saturated carbocycles. The van der Waals surface area contributed by atoms with E-state index in [1.807, 2.05) is 0 Å². The summed E-state index contributed by atoms with van der Waals surface area (Å²) in [4.78, 5) is 8.36. The van der Waals surface area contributed by atoms with E-state index in [-0.39, 0.29) is 0 Å². The van der Waals surface area contributed by atoms with Crippen LogP contribution in [0.15, 0.2) is 6.07 Å². The van der Waals surface area contributed by atoms with Crippen LogP contribution in [0.3, 0.4) is 0 Å². The molecule has 0 bridgehead atoms. The molecule has 0 aliphatic carbocycles. The van der Waals surface area contributed by atoms with Gasteiger partial charge < -0.3 is 19.9 Å².